The van der Waals surface area contributed by atoms with Gasteiger partial charge >= 0.3 is 5.97 Å². The van der Waals surface area contributed by atoms with Crippen molar-refractivity contribution in [3.63, 3.8) is 0 Å². The molecule has 9 heteroatoms. The largest absolute Gasteiger partial charge is 0.455 e. The number of ether oxygens (including phenoxy) is 1. The highest BCUT2D eigenvalue weighted by Gasteiger charge is 2.20. The summed E-state index contributed by atoms with van der Waals surface area (Å²) in [7, 11) is -4.07. The van der Waals surface area contributed by atoms with Gasteiger partial charge in [0.2, 0.25) is 10.0 Å². The lowest BCUT2D eigenvalue weighted by atomic mass is 10.0. The van der Waals surface area contributed by atoms with Crippen molar-refractivity contribution in [3.8, 4) is 6.07 Å². The van der Waals surface area contributed by atoms with E-state index >= 15 is 0 Å². The van der Waals surface area contributed by atoms with Crippen molar-refractivity contribution in [2.24, 2.45) is 0 Å². The van der Waals surface area contributed by atoms with E-state index in [0.29, 0.717) is 5.69 Å². The van der Waals surface area contributed by atoms with Gasteiger partial charge in [-0.2, -0.15) is 9.98 Å². The Morgan fingerprint density at radius 3 is 2.45 bits per heavy atom. The van der Waals surface area contributed by atoms with E-state index in [1.54, 1.807) is 18.2 Å². The van der Waals surface area contributed by atoms with Gasteiger partial charge < -0.3 is 10.1 Å². The van der Waals surface area contributed by atoms with Crippen LogP contribution in [0.25, 0.3) is 0 Å². The van der Waals surface area contributed by atoms with Crippen LogP contribution in [0.2, 0.25) is 0 Å². The first kappa shape index (κ1) is 22.1. The molecule has 0 aliphatic heterocycles. The summed E-state index contributed by atoms with van der Waals surface area (Å²) >= 11 is 0. The second kappa shape index (κ2) is 9.82. The van der Waals surface area contributed by atoms with Gasteiger partial charge in [0, 0.05) is 5.69 Å². The topological polar surface area (TPSA) is 125 Å². The molecule has 0 spiro atoms. The van der Waals surface area contributed by atoms with E-state index in [-0.39, 0.29) is 16.4 Å². The van der Waals surface area contributed by atoms with Crippen LogP contribution in [-0.2, 0) is 24.3 Å². The molecular formula is C20H21N3O5S. The minimum atomic E-state index is -4.07. The Morgan fingerprint density at radius 1 is 1.10 bits per heavy atom. The number of esters is 1. The van der Waals surface area contributed by atoms with E-state index in [0.717, 1.165) is 5.56 Å². The molecule has 0 unspecified atom stereocenters. The van der Waals surface area contributed by atoms with Crippen molar-refractivity contribution in [3.05, 3.63) is 59.7 Å². The highest BCUT2D eigenvalue weighted by molar-refractivity contribution is 7.89. The normalized spacial score (nSPS) is 11.0. The van der Waals surface area contributed by atoms with Gasteiger partial charge in [0.15, 0.2) is 6.61 Å². The zero-order chi connectivity index (χ0) is 21.4. The van der Waals surface area contributed by atoms with Gasteiger partial charge in [-0.25, -0.2) is 8.42 Å². The SMILES string of the molecule is CC(C)c1ccccc1NC(=O)COC(=O)CNS(=O)(=O)c1ccccc1C#N. The number of benzene rings is 2. The van der Waals surface area contributed by atoms with Crippen LogP contribution in [0.4, 0.5) is 5.69 Å². The van der Waals surface area contributed by atoms with E-state index < -0.39 is 35.1 Å². The third kappa shape index (κ3) is 6.14. The third-order valence-corrected chi connectivity index (χ3v) is 5.38. The van der Waals surface area contributed by atoms with Gasteiger partial charge in [0.1, 0.15) is 12.6 Å². The Kier molecular flexibility index (Phi) is 7.47. The number of rotatable bonds is 8. The lowest BCUT2D eigenvalue weighted by Gasteiger charge is -2.13. The van der Waals surface area contributed by atoms with Crippen LogP contribution in [0, 0.1) is 11.3 Å². The molecule has 152 valence electrons. The lowest BCUT2D eigenvalue weighted by Crippen LogP contribution is -2.32. The smallest absolute Gasteiger partial charge is 0.321 e. The molecule has 2 rings (SSSR count). The molecule has 8 nitrogen and oxygen atoms in total. The number of hydrogen-bond donors (Lipinski definition) is 2. The maximum atomic E-state index is 12.2. The predicted molar refractivity (Wildman–Crippen MR) is 106 cm³/mol. The summed E-state index contributed by atoms with van der Waals surface area (Å²) in [6, 6.07) is 14.7. The van der Waals surface area contributed by atoms with Crippen LogP contribution in [-0.4, -0.2) is 33.4 Å². The number of nitrogens with one attached hydrogen (secondary N) is 2. The monoisotopic (exact) mass is 415 g/mol. The van der Waals surface area contributed by atoms with Crippen LogP contribution < -0.4 is 10.0 Å². The number of carbonyl (C=O) groups is 2. The quantitative estimate of drug-likeness (QED) is 0.636. The van der Waals surface area contributed by atoms with Crippen LogP contribution in [0.5, 0.6) is 0 Å². The molecule has 0 aliphatic rings. The fourth-order valence-corrected chi connectivity index (χ4v) is 3.65. The van der Waals surface area contributed by atoms with E-state index in [1.807, 2.05) is 26.0 Å². The van der Waals surface area contributed by atoms with E-state index in [9.17, 15) is 18.0 Å². The number of amides is 1. The first-order valence-corrected chi connectivity index (χ1v) is 10.3. The number of para-hydroxylation sites is 1. The summed E-state index contributed by atoms with van der Waals surface area (Å²) in [4.78, 5) is 23.6. The minimum Gasteiger partial charge on any atom is -0.455 e. The van der Waals surface area contributed by atoms with Gasteiger partial charge in [-0.05, 0) is 29.7 Å². The number of nitriles is 1. The van der Waals surface area contributed by atoms with Crippen molar-refractivity contribution in [1.29, 1.82) is 5.26 Å². The molecule has 2 N–H and O–H groups in total. The highest BCUT2D eigenvalue weighted by Crippen LogP contribution is 2.23. The number of nitrogens with zero attached hydrogens (tertiary/aromatic N) is 1. The van der Waals surface area contributed by atoms with Gasteiger partial charge in [-0.15, -0.1) is 0 Å². The first-order chi connectivity index (χ1) is 13.7. The van der Waals surface area contributed by atoms with Gasteiger partial charge in [0.25, 0.3) is 5.91 Å². The maximum absolute atomic E-state index is 12.2. The number of hydrogen-bond acceptors (Lipinski definition) is 6. The van der Waals surface area contributed by atoms with Crippen molar-refractivity contribution in [2.45, 2.75) is 24.7 Å². The first-order valence-electron chi connectivity index (χ1n) is 8.77. The molecular weight excluding hydrogens is 394 g/mol. The molecule has 0 aromatic heterocycles. The van der Waals surface area contributed by atoms with Crippen molar-refractivity contribution in [2.75, 3.05) is 18.5 Å². The summed E-state index contributed by atoms with van der Waals surface area (Å²) in [5.74, 6) is -1.26. The summed E-state index contributed by atoms with van der Waals surface area (Å²) in [5.41, 5.74) is 1.52. The van der Waals surface area contributed by atoms with Crippen molar-refractivity contribution >= 4 is 27.6 Å². The number of anilines is 1. The minimum absolute atomic E-state index is 0.0448. The molecule has 0 bridgehead atoms. The van der Waals surface area contributed by atoms with E-state index in [2.05, 4.69) is 10.0 Å². The zero-order valence-electron chi connectivity index (χ0n) is 16.0. The number of sulfonamides is 1. The molecule has 0 radical (unpaired) electrons. The molecule has 0 atom stereocenters. The third-order valence-electron chi connectivity index (χ3n) is 3.92. The second-order valence-electron chi connectivity index (χ2n) is 6.38. The molecule has 0 fully saturated rings. The fourth-order valence-electron chi connectivity index (χ4n) is 2.52. The Balaban J connectivity index is 1.89. The Bertz CT molecular complexity index is 1040. The van der Waals surface area contributed by atoms with Gasteiger partial charge in [-0.3, -0.25) is 9.59 Å². The van der Waals surface area contributed by atoms with Gasteiger partial charge in [-0.1, -0.05) is 44.2 Å². The van der Waals surface area contributed by atoms with E-state index in [1.165, 1.54) is 24.3 Å². The molecule has 0 aliphatic carbocycles. The maximum Gasteiger partial charge on any atom is 0.321 e. The van der Waals surface area contributed by atoms with Crippen LogP contribution >= 0.6 is 0 Å². The Labute approximate surface area is 169 Å². The summed E-state index contributed by atoms with van der Waals surface area (Å²) in [6.45, 7) is 2.75. The standard InChI is InChI=1S/C20H21N3O5S/c1-14(2)16-8-4-5-9-17(16)23-19(24)13-28-20(25)12-22-29(26,27)18-10-6-3-7-15(18)11-21/h3-10,14,22H,12-13H2,1-2H3,(H,23,24). The van der Waals surface area contributed by atoms with Crippen molar-refractivity contribution < 1.29 is 22.7 Å². The lowest BCUT2D eigenvalue weighted by molar-refractivity contribution is -0.146. The predicted octanol–water partition coefficient (Wildman–Crippen LogP) is 2.14. The molecule has 0 saturated carbocycles. The zero-order valence-corrected chi connectivity index (χ0v) is 16.8. The second-order valence-corrected chi connectivity index (χ2v) is 8.12. The average Bonchev–Trinajstić information content (AvgIpc) is 2.71. The molecule has 0 saturated heterocycles. The fraction of sp³-hybridized carbons (Fsp3) is 0.250. The molecule has 2 aromatic rings. The summed E-state index contributed by atoms with van der Waals surface area (Å²) in [6.07, 6.45) is 0. The van der Waals surface area contributed by atoms with Crippen LogP contribution in [0.15, 0.2) is 53.4 Å². The number of carbonyl (C=O) groups excluding carboxylic acids is 2. The van der Waals surface area contributed by atoms with Crippen LogP contribution in [0.1, 0.15) is 30.9 Å². The average molecular weight is 415 g/mol. The van der Waals surface area contributed by atoms with E-state index in [4.69, 9.17) is 10.00 Å². The molecule has 0 heterocycles. The van der Waals surface area contributed by atoms with Crippen molar-refractivity contribution in [1.82, 2.24) is 4.72 Å². The van der Waals surface area contributed by atoms with Gasteiger partial charge in [0.05, 0.1) is 10.5 Å². The molecule has 2 aromatic carbocycles. The summed E-state index contributed by atoms with van der Waals surface area (Å²) in [5, 5.41) is 11.7. The van der Waals surface area contributed by atoms with Crippen LogP contribution in [0.3, 0.4) is 0 Å². The summed E-state index contributed by atoms with van der Waals surface area (Å²) < 4.78 is 31.4. The Morgan fingerprint density at radius 2 is 1.76 bits per heavy atom. The molecule has 1 amide bonds. The highest BCUT2D eigenvalue weighted by atomic mass is 32.2. The molecule has 29 heavy (non-hydrogen) atoms. The Hall–Kier alpha value is -3.22.